The van der Waals surface area contributed by atoms with Gasteiger partial charge in [-0.25, -0.2) is 0 Å². The molecule has 0 radical (unpaired) electrons. The van der Waals surface area contributed by atoms with Gasteiger partial charge in [0.2, 0.25) is 0 Å². The molecule has 0 fully saturated rings. The number of anilines is 2. The number of thioether (sulfide) groups is 2. The molecule has 6 nitrogen and oxygen atoms in total. The first kappa shape index (κ1) is 17.8. The quantitative estimate of drug-likeness (QED) is 0.268. The second-order valence-corrected chi connectivity index (χ2v) is 7.00. The first-order chi connectivity index (χ1) is 11.4. The highest BCUT2D eigenvalue weighted by atomic mass is 32.2. The number of rotatable bonds is 5. The van der Waals surface area contributed by atoms with E-state index < -0.39 is 0 Å². The second-order valence-electron chi connectivity index (χ2n) is 4.84. The Hall–Kier alpha value is -2.58. The molecule has 2 rings (SSSR count). The zero-order chi connectivity index (χ0) is 17.7. The molecule has 0 heterocycles. The van der Waals surface area contributed by atoms with Crippen molar-refractivity contribution in [3.8, 4) is 0 Å². The van der Waals surface area contributed by atoms with Crippen molar-refractivity contribution < 1.29 is 0 Å². The number of nitrogens with two attached hydrogens (primary N) is 6. The highest BCUT2D eigenvalue weighted by Gasteiger charge is 2.11. The van der Waals surface area contributed by atoms with Gasteiger partial charge in [-0.15, -0.1) is 0 Å². The fourth-order valence-electron chi connectivity index (χ4n) is 1.76. The van der Waals surface area contributed by atoms with Crippen molar-refractivity contribution in [1.29, 1.82) is 0 Å². The molecule has 0 saturated carbocycles. The summed E-state index contributed by atoms with van der Waals surface area (Å²) in [5, 5.41) is 0.657. The van der Waals surface area contributed by atoms with Gasteiger partial charge in [-0.2, -0.15) is 0 Å². The van der Waals surface area contributed by atoms with E-state index in [2.05, 4.69) is 0 Å². The number of hydrogen-bond donors (Lipinski definition) is 6. The molecule has 0 saturated heterocycles. The minimum Gasteiger partial charge on any atom is -0.398 e. The van der Waals surface area contributed by atoms with E-state index in [0.29, 0.717) is 21.4 Å². The van der Waals surface area contributed by atoms with E-state index in [1.165, 1.54) is 23.5 Å². The van der Waals surface area contributed by atoms with E-state index in [1.54, 1.807) is 12.1 Å². The Bertz CT molecular complexity index is 733. The Kier molecular flexibility index (Phi) is 5.78. The molecule has 12 N–H and O–H groups in total. The van der Waals surface area contributed by atoms with E-state index in [9.17, 15) is 0 Å². The van der Waals surface area contributed by atoms with Crippen LogP contribution in [0.4, 0.5) is 11.4 Å². The monoisotopic (exact) mass is 360 g/mol. The van der Waals surface area contributed by atoms with Crippen LogP contribution < -0.4 is 34.4 Å². The van der Waals surface area contributed by atoms with Crippen molar-refractivity contribution in [3.05, 3.63) is 70.0 Å². The summed E-state index contributed by atoms with van der Waals surface area (Å²) in [7, 11) is 0. The minimum absolute atomic E-state index is 0.211. The third-order valence-corrected chi connectivity index (χ3v) is 5.16. The van der Waals surface area contributed by atoms with Crippen molar-refractivity contribution in [2.45, 2.75) is 9.79 Å². The first-order valence-electron chi connectivity index (χ1n) is 6.95. The summed E-state index contributed by atoms with van der Waals surface area (Å²) in [4.78, 5) is 1.59. The van der Waals surface area contributed by atoms with Gasteiger partial charge in [0.15, 0.2) is 0 Å². The Labute approximate surface area is 149 Å². The SMILES string of the molecule is N/C(Sc1ccccc1N)=C(N)\C(N)=C(/N)Sc1ccccc1N. The predicted molar refractivity (Wildman–Crippen MR) is 104 cm³/mol. The smallest absolute Gasteiger partial charge is 0.0961 e. The molecule has 0 unspecified atom stereocenters. The van der Waals surface area contributed by atoms with Crippen LogP contribution in [-0.4, -0.2) is 0 Å². The van der Waals surface area contributed by atoms with Crippen molar-refractivity contribution in [2.24, 2.45) is 22.9 Å². The summed E-state index contributed by atoms with van der Waals surface area (Å²) < 4.78 is 0. The van der Waals surface area contributed by atoms with Gasteiger partial charge in [-0.1, -0.05) is 47.8 Å². The maximum Gasteiger partial charge on any atom is 0.0961 e. The molecule has 2 aromatic rings. The van der Waals surface area contributed by atoms with Crippen LogP contribution in [0.2, 0.25) is 0 Å². The van der Waals surface area contributed by atoms with Gasteiger partial charge in [0.05, 0.1) is 21.5 Å². The lowest BCUT2D eigenvalue weighted by Crippen LogP contribution is -2.19. The predicted octanol–water partition coefficient (Wildman–Crippen LogP) is 1.91. The van der Waals surface area contributed by atoms with Crippen LogP contribution in [0.1, 0.15) is 0 Å². The largest absolute Gasteiger partial charge is 0.398 e. The summed E-state index contributed by atoms with van der Waals surface area (Å²) in [6, 6.07) is 14.7. The molecule has 0 aliphatic heterocycles. The Balaban J connectivity index is 2.24. The summed E-state index contributed by atoms with van der Waals surface area (Å²) in [5.74, 6) is 0. The van der Waals surface area contributed by atoms with Gasteiger partial charge >= 0.3 is 0 Å². The van der Waals surface area contributed by atoms with Crippen LogP contribution in [-0.2, 0) is 0 Å². The van der Waals surface area contributed by atoms with Crippen molar-refractivity contribution in [2.75, 3.05) is 11.5 Å². The van der Waals surface area contributed by atoms with Crippen LogP contribution in [0, 0.1) is 0 Å². The topological polar surface area (TPSA) is 156 Å². The standard InChI is InChI=1S/C16H20N6S2/c17-9-5-1-3-7-11(9)23-15(21)13(19)14(20)16(22)24-12-8-4-2-6-10(12)18/h1-8H,17-22H2/b15-13-,16-14-. The highest BCUT2D eigenvalue weighted by Crippen LogP contribution is 2.33. The van der Waals surface area contributed by atoms with Crippen molar-refractivity contribution in [3.63, 3.8) is 0 Å². The molecular weight excluding hydrogens is 340 g/mol. The molecular formula is C16H20N6S2. The molecule has 0 aliphatic carbocycles. The van der Waals surface area contributed by atoms with Gasteiger partial charge in [0.1, 0.15) is 0 Å². The average Bonchev–Trinajstić information content (AvgIpc) is 2.57. The molecule has 0 amide bonds. The number of para-hydroxylation sites is 2. The molecule has 0 aromatic heterocycles. The van der Waals surface area contributed by atoms with Crippen molar-refractivity contribution >= 4 is 34.9 Å². The van der Waals surface area contributed by atoms with Gasteiger partial charge in [-0.3, -0.25) is 0 Å². The van der Waals surface area contributed by atoms with Gasteiger partial charge in [0, 0.05) is 21.2 Å². The average molecular weight is 361 g/mol. The van der Waals surface area contributed by atoms with E-state index in [-0.39, 0.29) is 11.4 Å². The maximum absolute atomic E-state index is 6.04. The van der Waals surface area contributed by atoms with Gasteiger partial charge < -0.3 is 34.4 Å². The van der Waals surface area contributed by atoms with Crippen molar-refractivity contribution in [1.82, 2.24) is 0 Å². The second kappa shape index (κ2) is 7.80. The van der Waals surface area contributed by atoms with Crippen LogP contribution in [0.25, 0.3) is 0 Å². The summed E-state index contributed by atoms with van der Waals surface area (Å²) >= 11 is 2.47. The minimum atomic E-state index is 0.211. The van der Waals surface area contributed by atoms with Crippen LogP contribution >= 0.6 is 23.5 Å². The van der Waals surface area contributed by atoms with E-state index in [1.807, 2.05) is 36.4 Å². The molecule has 8 heteroatoms. The van der Waals surface area contributed by atoms with Gasteiger partial charge in [-0.05, 0) is 24.3 Å². The van der Waals surface area contributed by atoms with Crippen LogP contribution in [0.3, 0.4) is 0 Å². The van der Waals surface area contributed by atoms with Crippen LogP contribution in [0.15, 0.2) is 79.8 Å². The molecule has 0 bridgehead atoms. The molecule has 24 heavy (non-hydrogen) atoms. The van der Waals surface area contributed by atoms with Crippen LogP contribution in [0.5, 0.6) is 0 Å². The zero-order valence-electron chi connectivity index (χ0n) is 12.9. The Morgan fingerprint density at radius 3 is 1.25 bits per heavy atom. The summed E-state index contributed by atoms with van der Waals surface area (Å²) in [6.45, 7) is 0. The lowest BCUT2D eigenvalue weighted by atomic mass is 10.3. The summed E-state index contributed by atoms with van der Waals surface area (Å²) in [5.41, 5.74) is 37.6. The number of hydrogen-bond acceptors (Lipinski definition) is 8. The number of nitrogen functional groups attached to an aromatic ring is 2. The Morgan fingerprint density at radius 1 is 0.583 bits per heavy atom. The molecule has 0 atom stereocenters. The Morgan fingerprint density at radius 2 is 0.917 bits per heavy atom. The zero-order valence-corrected chi connectivity index (χ0v) is 14.5. The highest BCUT2D eigenvalue weighted by molar-refractivity contribution is 8.03. The third kappa shape index (κ3) is 4.24. The molecule has 126 valence electrons. The normalized spacial score (nSPS) is 13.2. The van der Waals surface area contributed by atoms with Gasteiger partial charge in [0.25, 0.3) is 0 Å². The maximum atomic E-state index is 6.04. The fraction of sp³-hybridized carbons (Fsp3) is 0. The van der Waals surface area contributed by atoms with E-state index in [4.69, 9.17) is 34.4 Å². The summed E-state index contributed by atoms with van der Waals surface area (Å²) in [6.07, 6.45) is 0. The molecule has 0 aliphatic rings. The molecule has 0 spiro atoms. The first-order valence-corrected chi connectivity index (χ1v) is 8.59. The lowest BCUT2D eigenvalue weighted by Gasteiger charge is -2.12. The van der Waals surface area contributed by atoms with E-state index in [0.717, 1.165) is 9.79 Å². The number of benzene rings is 2. The van der Waals surface area contributed by atoms with E-state index >= 15 is 0 Å². The molecule has 2 aromatic carbocycles. The fourth-order valence-corrected chi connectivity index (χ4v) is 3.34. The lowest BCUT2D eigenvalue weighted by molar-refractivity contribution is 1.18. The third-order valence-electron chi connectivity index (χ3n) is 3.10.